The number of hydrogen-bond acceptors (Lipinski definition) is 4. The molecule has 5 heteroatoms. The average Bonchev–Trinajstić information content (AvgIpc) is 2.36. The smallest absolute Gasteiger partial charge is 0.136 e. The summed E-state index contributed by atoms with van der Waals surface area (Å²) < 4.78 is 19.1. The van der Waals surface area contributed by atoms with Gasteiger partial charge in [0.2, 0.25) is 0 Å². The second-order valence-corrected chi connectivity index (χ2v) is 5.60. The summed E-state index contributed by atoms with van der Waals surface area (Å²) in [5, 5.41) is 0. The molecule has 2 rings (SSSR count). The Bertz CT molecular complexity index is 636. The molecule has 0 atom stereocenters. The lowest BCUT2D eigenvalue weighted by Gasteiger charge is -2.18. The normalized spacial score (nSPS) is 11.4. The molecule has 0 saturated heterocycles. The number of benzene rings is 1. The Morgan fingerprint density at radius 1 is 1.15 bits per heavy atom. The number of aromatic nitrogens is 2. The van der Waals surface area contributed by atoms with Crippen molar-refractivity contribution >= 4 is 5.82 Å². The summed E-state index contributed by atoms with van der Waals surface area (Å²) in [5.41, 5.74) is 6.40. The van der Waals surface area contributed by atoms with Crippen LogP contribution in [0.5, 0.6) is 5.75 Å². The van der Waals surface area contributed by atoms with E-state index in [4.69, 9.17) is 10.5 Å². The first kappa shape index (κ1) is 14.2. The SMILES string of the molecule is COc1ccc(-c2cc(N)nc(C(C)(C)C)n2)c(F)c1. The van der Waals surface area contributed by atoms with Crippen molar-refractivity contribution in [2.24, 2.45) is 0 Å². The largest absolute Gasteiger partial charge is 0.497 e. The molecular weight excluding hydrogens is 257 g/mol. The van der Waals surface area contributed by atoms with Gasteiger partial charge in [-0.15, -0.1) is 0 Å². The average molecular weight is 275 g/mol. The third kappa shape index (κ3) is 2.87. The molecule has 2 aromatic rings. The van der Waals surface area contributed by atoms with Gasteiger partial charge in [0.1, 0.15) is 23.2 Å². The van der Waals surface area contributed by atoms with Crippen LogP contribution >= 0.6 is 0 Å². The van der Waals surface area contributed by atoms with Crippen molar-refractivity contribution < 1.29 is 9.13 Å². The van der Waals surface area contributed by atoms with Gasteiger partial charge in [-0.2, -0.15) is 0 Å². The van der Waals surface area contributed by atoms with Crippen LogP contribution in [-0.2, 0) is 5.41 Å². The Balaban J connectivity index is 2.55. The maximum Gasteiger partial charge on any atom is 0.136 e. The summed E-state index contributed by atoms with van der Waals surface area (Å²) in [7, 11) is 1.49. The standard InChI is InChI=1S/C15H18FN3O/c1-15(2,3)14-18-12(8-13(17)19-14)10-6-5-9(20-4)7-11(10)16/h5-8H,1-4H3,(H2,17,18,19). The Hall–Kier alpha value is -2.17. The molecule has 0 saturated carbocycles. The fourth-order valence-electron chi connectivity index (χ4n) is 1.77. The lowest BCUT2D eigenvalue weighted by atomic mass is 9.95. The van der Waals surface area contributed by atoms with E-state index in [1.54, 1.807) is 18.2 Å². The molecule has 0 aliphatic rings. The molecule has 2 N–H and O–H groups in total. The van der Waals surface area contributed by atoms with Crippen molar-refractivity contribution in [2.75, 3.05) is 12.8 Å². The highest BCUT2D eigenvalue weighted by Crippen LogP contribution is 2.28. The molecule has 1 aromatic carbocycles. The Kier molecular flexibility index (Phi) is 3.61. The van der Waals surface area contributed by atoms with Crippen molar-refractivity contribution in [3.8, 4) is 17.0 Å². The van der Waals surface area contributed by atoms with Crippen molar-refractivity contribution in [2.45, 2.75) is 26.2 Å². The number of nitrogen functional groups attached to an aromatic ring is 1. The topological polar surface area (TPSA) is 61.0 Å². The lowest BCUT2D eigenvalue weighted by Crippen LogP contribution is -2.17. The van der Waals surface area contributed by atoms with Crippen LogP contribution in [0.4, 0.5) is 10.2 Å². The summed E-state index contributed by atoms with van der Waals surface area (Å²) in [6, 6.07) is 6.21. The van der Waals surface area contributed by atoms with Crippen LogP contribution in [0.1, 0.15) is 26.6 Å². The van der Waals surface area contributed by atoms with Crippen LogP contribution in [0.15, 0.2) is 24.3 Å². The number of nitrogens with zero attached hydrogens (tertiary/aromatic N) is 2. The molecule has 0 amide bonds. The number of ether oxygens (including phenoxy) is 1. The number of nitrogens with two attached hydrogens (primary N) is 1. The molecule has 4 nitrogen and oxygen atoms in total. The van der Waals surface area contributed by atoms with Crippen LogP contribution in [0.2, 0.25) is 0 Å². The van der Waals surface area contributed by atoms with Crippen LogP contribution in [0.3, 0.4) is 0 Å². The number of methoxy groups -OCH3 is 1. The molecule has 0 fully saturated rings. The number of halogens is 1. The van der Waals surface area contributed by atoms with Gasteiger partial charge in [-0.05, 0) is 12.1 Å². The molecular formula is C15H18FN3O. The van der Waals surface area contributed by atoms with Crippen LogP contribution in [0.25, 0.3) is 11.3 Å². The predicted molar refractivity (Wildman–Crippen MR) is 77.1 cm³/mol. The zero-order chi connectivity index (χ0) is 14.9. The van der Waals surface area contributed by atoms with E-state index in [0.717, 1.165) is 0 Å². The third-order valence-electron chi connectivity index (χ3n) is 2.87. The van der Waals surface area contributed by atoms with Crippen LogP contribution in [0, 0.1) is 5.82 Å². The van der Waals surface area contributed by atoms with Gasteiger partial charge in [-0.1, -0.05) is 20.8 Å². The molecule has 1 heterocycles. The van der Waals surface area contributed by atoms with E-state index in [1.165, 1.54) is 13.2 Å². The van der Waals surface area contributed by atoms with Gasteiger partial charge in [0.25, 0.3) is 0 Å². The van der Waals surface area contributed by atoms with Crippen molar-refractivity contribution in [3.05, 3.63) is 35.9 Å². The molecule has 0 aliphatic carbocycles. The highest BCUT2D eigenvalue weighted by atomic mass is 19.1. The van der Waals surface area contributed by atoms with Gasteiger partial charge in [-0.3, -0.25) is 0 Å². The summed E-state index contributed by atoms with van der Waals surface area (Å²) in [4.78, 5) is 8.63. The minimum Gasteiger partial charge on any atom is -0.497 e. The number of rotatable bonds is 2. The van der Waals surface area contributed by atoms with E-state index in [2.05, 4.69) is 9.97 Å². The van der Waals surface area contributed by atoms with Crippen LogP contribution in [-0.4, -0.2) is 17.1 Å². The summed E-state index contributed by atoms with van der Waals surface area (Å²) >= 11 is 0. The molecule has 1 aromatic heterocycles. The molecule has 0 spiro atoms. The predicted octanol–water partition coefficient (Wildman–Crippen LogP) is 3.17. The Morgan fingerprint density at radius 3 is 2.40 bits per heavy atom. The van der Waals surface area contributed by atoms with Crippen LogP contribution < -0.4 is 10.5 Å². The maximum atomic E-state index is 14.1. The van der Waals surface area contributed by atoms with Gasteiger partial charge in [0, 0.05) is 23.1 Å². The second kappa shape index (κ2) is 5.07. The van der Waals surface area contributed by atoms with Crippen molar-refractivity contribution in [1.82, 2.24) is 9.97 Å². The van der Waals surface area contributed by atoms with E-state index in [-0.39, 0.29) is 5.41 Å². The van der Waals surface area contributed by atoms with E-state index < -0.39 is 5.82 Å². The first-order valence-corrected chi connectivity index (χ1v) is 6.30. The summed E-state index contributed by atoms with van der Waals surface area (Å²) in [6.07, 6.45) is 0. The minimum atomic E-state index is -0.401. The summed E-state index contributed by atoms with van der Waals surface area (Å²) in [5.74, 6) is 0.976. The highest BCUT2D eigenvalue weighted by Gasteiger charge is 2.20. The molecule has 0 radical (unpaired) electrons. The minimum absolute atomic E-state index is 0.257. The Labute approximate surface area is 117 Å². The number of anilines is 1. The van der Waals surface area contributed by atoms with Gasteiger partial charge in [0.05, 0.1) is 12.8 Å². The highest BCUT2D eigenvalue weighted by molar-refractivity contribution is 5.63. The molecule has 0 unspecified atom stereocenters. The molecule has 20 heavy (non-hydrogen) atoms. The third-order valence-corrected chi connectivity index (χ3v) is 2.87. The quantitative estimate of drug-likeness (QED) is 0.914. The maximum absolute atomic E-state index is 14.1. The first-order valence-electron chi connectivity index (χ1n) is 6.30. The zero-order valence-corrected chi connectivity index (χ0v) is 12.1. The molecule has 0 bridgehead atoms. The second-order valence-electron chi connectivity index (χ2n) is 5.60. The summed E-state index contributed by atoms with van der Waals surface area (Å²) in [6.45, 7) is 5.95. The van der Waals surface area contributed by atoms with Gasteiger partial charge in [0.15, 0.2) is 0 Å². The Morgan fingerprint density at radius 2 is 1.85 bits per heavy atom. The number of hydrogen-bond donors (Lipinski definition) is 1. The van der Waals surface area contributed by atoms with E-state index >= 15 is 0 Å². The first-order chi connectivity index (χ1) is 9.31. The fraction of sp³-hybridized carbons (Fsp3) is 0.333. The van der Waals surface area contributed by atoms with Gasteiger partial charge in [-0.25, -0.2) is 14.4 Å². The monoisotopic (exact) mass is 275 g/mol. The fourth-order valence-corrected chi connectivity index (χ4v) is 1.77. The van der Waals surface area contributed by atoms with Gasteiger partial charge >= 0.3 is 0 Å². The van der Waals surface area contributed by atoms with Crippen molar-refractivity contribution in [3.63, 3.8) is 0 Å². The van der Waals surface area contributed by atoms with E-state index in [0.29, 0.717) is 28.6 Å². The lowest BCUT2D eigenvalue weighted by molar-refractivity contribution is 0.411. The zero-order valence-electron chi connectivity index (χ0n) is 12.1. The van der Waals surface area contributed by atoms with Crippen molar-refractivity contribution in [1.29, 1.82) is 0 Å². The molecule has 106 valence electrons. The van der Waals surface area contributed by atoms with Gasteiger partial charge < -0.3 is 10.5 Å². The van der Waals surface area contributed by atoms with E-state index in [1.807, 2.05) is 20.8 Å². The molecule has 0 aliphatic heterocycles. The van der Waals surface area contributed by atoms with E-state index in [9.17, 15) is 4.39 Å².